The van der Waals surface area contributed by atoms with Crippen LogP contribution in [0.2, 0.25) is 0 Å². The summed E-state index contributed by atoms with van der Waals surface area (Å²) in [7, 11) is 1.71. The van der Waals surface area contributed by atoms with E-state index in [0.717, 1.165) is 13.0 Å². The molecule has 3 aromatic rings. The number of nitrogens with two attached hydrogens (primary N) is 1. The summed E-state index contributed by atoms with van der Waals surface area (Å²) < 4.78 is 46.4. The third-order valence-corrected chi connectivity index (χ3v) is 7.06. The van der Waals surface area contributed by atoms with Crippen LogP contribution in [0.1, 0.15) is 19.3 Å². The highest BCUT2D eigenvalue weighted by atomic mass is 32.2. The molecule has 1 heterocycles. The molecular formula is C27H35FN6O7S. The molecule has 0 saturated heterocycles. The number of anilines is 2. The Morgan fingerprint density at radius 1 is 1.12 bits per heavy atom. The number of aromatic nitrogens is 2. The summed E-state index contributed by atoms with van der Waals surface area (Å²) in [4.78, 5) is 30.6. The second-order valence-electron chi connectivity index (χ2n) is 9.20. The number of nitrogens with one attached hydrogen (secondary N) is 2. The number of hydrogen-bond acceptors (Lipinski definition) is 10. The molecule has 0 spiro atoms. The first kappa shape index (κ1) is 34.0. The van der Waals surface area contributed by atoms with Crippen LogP contribution in [-0.2, 0) is 19.6 Å². The van der Waals surface area contributed by atoms with E-state index in [1.54, 1.807) is 30.5 Å². The Morgan fingerprint density at radius 2 is 1.81 bits per heavy atom. The Kier molecular flexibility index (Phi) is 13.2. The monoisotopic (exact) mass is 606 g/mol. The van der Waals surface area contributed by atoms with Crippen LogP contribution in [-0.4, -0.2) is 85.8 Å². The lowest BCUT2D eigenvalue weighted by Crippen LogP contribution is -2.30. The number of carbonyl (C=O) groups is 2. The Hall–Kier alpha value is -4.18. The van der Waals surface area contributed by atoms with Crippen LogP contribution in [0.25, 0.3) is 11.3 Å². The van der Waals surface area contributed by atoms with Gasteiger partial charge in [-0.2, -0.15) is 0 Å². The third kappa shape index (κ3) is 11.4. The van der Waals surface area contributed by atoms with Gasteiger partial charge >= 0.3 is 11.9 Å². The highest BCUT2D eigenvalue weighted by molar-refractivity contribution is 7.89. The maximum Gasteiger partial charge on any atom is 0.320 e. The van der Waals surface area contributed by atoms with Gasteiger partial charge in [0.2, 0.25) is 16.0 Å². The number of carboxylic acids is 2. The first-order chi connectivity index (χ1) is 19.8. The fraction of sp³-hybridized carbons (Fsp3) is 0.333. The molecule has 1 atom stereocenters. The summed E-state index contributed by atoms with van der Waals surface area (Å²) in [6, 6.07) is 11.5. The molecule has 0 aliphatic heterocycles. The number of aliphatic carboxylic acids is 2. The van der Waals surface area contributed by atoms with Gasteiger partial charge in [0.05, 0.1) is 17.7 Å². The van der Waals surface area contributed by atoms with Crippen LogP contribution < -0.4 is 20.5 Å². The summed E-state index contributed by atoms with van der Waals surface area (Å²) in [5.74, 6) is -2.22. The fourth-order valence-electron chi connectivity index (χ4n) is 3.34. The number of methoxy groups -OCH3 is 1. The van der Waals surface area contributed by atoms with Gasteiger partial charge in [-0.05, 0) is 82.0 Å². The number of carboxylic acid groups (broad SMARTS) is 2. The van der Waals surface area contributed by atoms with E-state index in [1.165, 1.54) is 31.4 Å². The highest BCUT2D eigenvalue weighted by Crippen LogP contribution is 2.25. The van der Waals surface area contributed by atoms with E-state index in [2.05, 4.69) is 20.0 Å². The van der Waals surface area contributed by atoms with E-state index in [4.69, 9.17) is 20.7 Å². The van der Waals surface area contributed by atoms with Crippen molar-refractivity contribution >= 4 is 33.6 Å². The van der Waals surface area contributed by atoms with Crippen molar-refractivity contribution in [3.63, 3.8) is 0 Å². The molecule has 0 amide bonds. The van der Waals surface area contributed by atoms with E-state index >= 15 is 0 Å². The maximum absolute atomic E-state index is 14.0. The van der Waals surface area contributed by atoms with Crippen LogP contribution in [0.15, 0.2) is 59.6 Å². The number of benzene rings is 2. The predicted octanol–water partition coefficient (Wildman–Crippen LogP) is 2.53. The molecule has 0 aliphatic carbocycles. The van der Waals surface area contributed by atoms with Crippen molar-refractivity contribution in [1.29, 1.82) is 0 Å². The fourth-order valence-corrected chi connectivity index (χ4v) is 4.41. The first-order valence-electron chi connectivity index (χ1n) is 12.7. The van der Waals surface area contributed by atoms with E-state index in [1.807, 2.05) is 19.0 Å². The molecule has 1 aromatic heterocycles. The van der Waals surface area contributed by atoms with Crippen molar-refractivity contribution in [2.24, 2.45) is 5.73 Å². The minimum absolute atomic E-state index is 0.0231. The number of sulfonamides is 1. The third-order valence-electron chi connectivity index (χ3n) is 5.58. The van der Waals surface area contributed by atoms with Crippen molar-refractivity contribution in [3.05, 3.63) is 60.5 Å². The van der Waals surface area contributed by atoms with Crippen LogP contribution >= 0.6 is 0 Å². The van der Waals surface area contributed by atoms with Gasteiger partial charge in [-0.3, -0.25) is 9.59 Å². The summed E-state index contributed by atoms with van der Waals surface area (Å²) in [5.41, 5.74) is 6.73. The van der Waals surface area contributed by atoms with Gasteiger partial charge in [0, 0.05) is 30.4 Å². The molecule has 15 heteroatoms. The lowest BCUT2D eigenvalue weighted by molar-refractivity contribution is -0.139. The number of ether oxygens (including phenoxy) is 1. The van der Waals surface area contributed by atoms with Crippen LogP contribution in [0.3, 0.4) is 0 Å². The van der Waals surface area contributed by atoms with Gasteiger partial charge in [-0.1, -0.05) is 0 Å². The van der Waals surface area contributed by atoms with Crippen LogP contribution in [0.4, 0.5) is 16.0 Å². The smallest absolute Gasteiger partial charge is 0.320 e. The molecule has 0 saturated carbocycles. The van der Waals surface area contributed by atoms with E-state index in [-0.39, 0.29) is 23.5 Å². The summed E-state index contributed by atoms with van der Waals surface area (Å²) >= 11 is 0. The van der Waals surface area contributed by atoms with Crippen molar-refractivity contribution in [2.75, 3.05) is 39.6 Å². The maximum atomic E-state index is 14.0. The van der Waals surface area contributed by atoms with E-state index in [0.29, 0.717) is 29.4 Å². The number of rotatable bonds is 14. The molecule has 0 bridgehead atoms. The van der Waals surface area contributed by atoms with E-state index < -0.39 is 33.8 Å². The number of nitrogens with zero attached hydrogens (tertiary/aromatic N) is 3. The SMILES string of the molecule is COc1ccc(-c2ccnc(Nc3ccc(S(=O)(=O)NCCCN(C)C)cc3)n2)cc1F.N[C@@H](CCC(=O)O)C(=O)O. The van der Waals surface area contributed by atoms with Gasteiger partial charge in [0.1, 0.15) is 6.04 Å². The Bertz CT molecular complexity index is 1440. The quantitative estimate of drug-likeness (QED) is 0.168. The molecule has 228 valence electrons. The zero-order chi connectivity index (χ0) is 31.3. The van der Waals surface area contributed by atoms with E-state index in [9.17, 15) is 22.4 Å². The average molecular weight is 607 g/mol. The van der Waals surface area contributed by atoms with Gasteiger partial charge < -0.3 is 30.9 Å². The second-order valence-corrected chi connectivity index (χ2v) is 11.0. The van der Waals surface area contributed by atoms with Gasteiger partial charge in [0.25, 0.3) is 0 Å². The van der Waals surface area contributed by atoms with Crippen molar-refractivity contribution in [3.8, 4) is 17.0 Å². The topological polar surface area (TPSA) is 197 Å². The molecule has 0 unspecified atom stereocenters. The second kappa shape index (κ2) is 16.3. The lowest BCUT2D eigenvalue weighted by atomic mass is 10.1. The molecule has 0 radical (unpaired) electrons. The minimum atomic E-state index is -3.57. The van der Waals surface area contributed by atoms with Crippen LogP contribution in [0, 0.1) is 5.82 Å². The largest absolute Gasteiger partial charge is 0.494 e. The molecule has 3 rings (SSSR count). The average Bonchev–Trinajstić information content (AvgIpc) is 2.94. The normalized spacial score (nSPS) is 11.8. The standard InChI is InChI=1S/C22H26FN5O3S.C5H9NO4/c1-28(2)14-4-12-25-32(29,30)18-8-6-17(7-9-18)26-22-24-13-11-20(27-22)16-5-10-21(31-3)19(23)15-16;6-3(5(9)10)1-2-4(7)8/h5-11,13,15,25H,4,12,14H2,1-3H3,(H,24,26,27);3H,1-2,6H2,(H,7,8)(H,9,10)/t;3-/m.0/s1. The Labute approximate surface area is 243 Å². The van der Waals surface area contributed by atoms with Crippen molar-refractivity contribution < 1.29 is 37.3 Å². The number of hydrogen-bond donors (Lipinski definition) is 5. The molecular weight excluding hydrogens is 571 g/mol. The number of halogens is 1. The molecule has 2 aromatic carbocycles. The molecule has 13 nitrogen and oxygen atoms in total. The molecule has 0 fully saturated rings. The Morgan fingerprint density at radius 3 is 2.38 bits per heavy atom. The van der Waals surface area contributed by atoms with Gasteiger partial charge in [-0.15, -0.1) is 0 Å². The molecule has 6 N–H and O–H groups in total. The Balaban J connectivity index is 0.000000528. The summed E-state index contributed by atoms with van der Waals surface area (Å²) in [6.07, 6.45) is 2.05. The minimum Gasteiger partial charge on any atom is -0.494 e. The lowest BCUT2D eigenvalue weighted by Gasteiger charge is -2.11. The first-order valence-corrected chi connectivity index (χ1v) is 14.2. The van der Waals surface area contributed by atoms with Gasteiger partial charge in [0.15, 0.2) is 11.6 Å². The molecule has 42 heavy (non-hydrogen) atoms. The van der Waals surface area contributed by atoms with Crippen LogP contribution in [0.5, 0.6) is 5.75 Å². The van der Waals surface area contributed by atoms with Crippen molar-refractivity contribution in [1.82, 2.24) is 19.6 Å². The predicted molar refractivity (Wildman–Crippen MR) is 155 cm³/mol. The summed E-state index contributed by atoms with van der Waals surface area (Å²) in [5, 5.41) is 19.3. The zero-order valence-electron chi connectivity index (χ0n) is 23.4. The zero-order valence-corrected chi connectivity index (χ0v) is 24.3. The molecule has 0 aliphatic rings. The van der Waals surface area contributed by atoms with Crippen molar-refractivity contribution in [2.45, 2.75) is 30.2 Å². The highest BCUT2D eigenvalue weighted by Gasteiger charge is 2.14. The summed E-state index contributed by atoms with van der Waals surface area (Å²) in [6.45, 7) is 1.17. The van der Waals surface area contributed by atoms with Gasteiger partial charge in [-0.25, -0.2) is 27.5 Å².